The van der Waals surface area contributed by atoms with Crippen molar-refractivity contribution in [2.45, 2.75) is 64.8 Å². The largest absolute Gasteiger partial charge is 0.465 e. The summed E-state index contributed by atoms with van der Waals surface area (Å²) >= 11 is 1.51. The van der Waals surface area contributed by atoms with E-state index in [9.17, 15) is 9.59 Å². The van der Waals surface area contributed by atoms with Gasteiger partial charge < -0.3 is 10.1 Å². The van der Waals surface area contributed by atoms with Gasteiger partial charge in [0.25, 0.3) is 5.91 Å². The third-order valence-corrected chi connectivity index (χ3v) is 6.72. The third-order valence-electron chi connectivity index (χ3n) is 5.51. The van der Waals surface area contributed by atoms with E-state index >= 15 is 0 Å². The van der Waals surface area contributed by atoms with E-state index in [0.717, 1.165) is 44.1 Å². The summed E-state index contributed by atoms with van der Waals surface area (Å²) in [6.45, 7) is 4.61. The van der Waals surface area contributed by atoms with E-state index in [4.69, 9.17) is 4.74 Å². The van der Waals surface area contributed by atoms with Crippen LogP contribution in [0.15, 0.2) is 24.5 Å². The van der Waals surface area contributed by atoms with Gasteiger partial charge in [-0.2, -0.15) is 4.57 Å². The highest BCUT2D eigenvalue weighted by atomic mass is 32.1. The lowest BCUT2D eigenvalue weighted by atomic mass is 9.95. The summed E-state index contributed by atoms with van der Waals surface area (Å²) in [6, 6.07) is 4.18. The molecule has 0 spiro atoms. The second kappa shape index (κ2) is 9.32. The number of anilines is 1. The van der Waals surface area contributed by atoms with Crippen molar-refractivity contribution >= 4 is 28.2 Å². The van der Waals surface area contributed by atoms with Crippen LogP contribution in [0.1, 0.15) is 71.8 Å². The van der Waals surface area contributed by atoms with Crippen LogP contribution in [-0.4, -0.2) is 19.0 Å². The summed E-state index contributed by atoms with van der Waals surface area (Å²) < 4.78 is 6.84. The highest BCUT2D eigenvalue weighted by Gasteiger charge is 2.27. The van der Waals surface area contributed by atoms with Crippen molar-refractivity contribution in [2.75, 3.05) is 12.4 Å². The van der Waals surface area contributed by atoms with Crippen LogP contribution in [0.5, 0.6) is 0 Å². The van der Waals surface area contributed by atoms with Crippen LogP contribution in [0.3, 0.4) is 0 Å². The Bertz CT molecular complexity index is 838. The van der Waals surface area contributed by atoms with Crippen molar-refractivity contribution in [3.05, 3.63) is 46.1 Å². The standard InChI is InChI=1S/C22H28N2O3S/c1-4-15(5-2)16-10-12-24(13-11-16)14-19(25)23-21-20(22(26)27-3)17-8-6-7-9-18(17)28-21/h10-13,15H,4-9,14H2,1-3H3/p+1. The summed E-state index contributed by atoms with van der Waals surface area (Å²) in [4.78, 5) is 26.1. The first-order valence-corrected chi connectivity index (χ1v) is 10.9. The van der Waals surface area contributed by atoms with Crippen molar-refractivity contribution in [3.63, 3.8) is 0 Å². The number of esters is 1. The zero-order chi connectivity index (χ0) is 20.1. The molecule has 1 aliphatic rings. The molecule has 0 saturated carbocycles. The van der Waals surface area contributed by atoms with Crippen LogP contribution in [0.2, 0.25) is 0 Å². The number of ether oxygens (including phenoxy) is 1. The van der Waals surface area contributed by atoms with Gasteiger partial charge in [0.1, 0.15) is 5.00 Å². The number of nitrogens with zero attached hydrogens (tertiary/aromatic N) is 1. The van der Waals surface area contributed by atoms with E-state index in [-0.39, 0.29) is 18.4 Å². The number of carbonyl (C=O) groups excluding carboxylic acids is 2. The summed E-state index contributed by atoms with van der Waals surface area (Å²) in [5.74, 6) is 0.0597. The molecule has 0 aromatic carbocycles. The van der Waals surface area contributed by atoms with Crippen molar-refractivity contribution in [3.8, 4) is 0 Å². The number of amides is 1. The minimum atomic E-state index is -0.364. The van der Waals surface area contributed by atoms with E-state index in [2.05, 4.69) is 31.3 Å². The number of aromatic nitrogens is 1. The van der Waals surface area contributed by atoms with Crippen LogP contribution in [0.25, 0.3) is 0 Å². The quantitative estimate of drug-likeness (QED) is 0.557. The summed E-state index contributed by atoms with van der Waals surface area (Å²) in [6.07, 6.45) is 10.2. The fraction of sp³-hybridized carbons (Fsp3) is 0.500. The molecule has 1 aliphatic carbocycles. The molecule has 28 heavy (non-hydrogen) atoms. The Kier molecular flexibility index (Phi) is 6.83. The first-order chi connectivity index (χ1) is 13.6. The number of fused-ring (bicyclic) bond motifs is 1. The van der Waals surface area contributed by atoms with E-state index in [1.807, 2.05) is 17.0 Å². The molecule has 0 fully saturated rings. The van der Waals surface area contributed by atoms with Crippen LogP contribution in [0, 0.1) is 0 Å². The smallest absolute Gasteiger partial charge is 0.341 e. The Labute approximate surface area is 170 Å². The topological polar surface area (TPSA) is 59.3 Å². The minimum Gasteiger partial charge on any atom is -0.465 e. The number of aryl methyl sites for hydroxylation is 1. The van der Waals surface area contributed by atoms with Gasteiger partial charge in [0.05, 0.1) is 12.7 Å². The molecule has 1 N–H and O–H groups in total. The molecule has 6 heteroatoms. The van der Waals surface area contributed by atoms with Gasteiger partial charge in [0.2, 0.25) is 6.54 Å². The average Bonchev–Trinajstić information content (AvgIpc) is 3.07. The fourth-order valence-electron chi connectivity index (χ4n) is 3.91. The van der Waals surface area contributed by atoms with E-state index < -0.39 is 0 Å². The van der Waals surface area contributed by atoms with Crippen LogP contribution in [-0.2, 0) is 28.9 Å². The van der Waals surface area contributed by atoms with Crippen LogP contribution < -0.4 is 9.88 Å². The zero-order valence-electron chi connectivity index (χ0n) is 16.9. The molecule has 2 aromatic rings. The molecule has 2 aromatic heterocycles. The lowest BCUT2D eigenvalue weighted by molar-refractivity contribution is -0.684. The van der Waals surface area contributed by atoms with Crippen molar-refractivity contribution in [1.29, 1.82) is 0 Å². The normalized spacial score (nSPS) is 13.3. The van der Waals surface area contributed by atoms with Gasteiger partial charge in [0.15, 0.2) is 12.4 Å². The molecular weight excluding hydrogens is 372 g/mol. The van der Waals surface area contributed by atoms with Crippen molar-refractivity contribution < 1.29 is 18.9 Å². The first kappa shape index (κ1) is 20.5. The summed E-state index contributed by atoms with van der Waals surface area (Å²) in [7, 11) is 1.39. The highest BCUT2D eigenvalue weighted by molar-refractivity contribution is 7.17. The predicted molar refractivity (Wildman–Crippen MR) is 111 cm³/mol. The first-order valence-electron chi connectivity index (χ1n) is 10.1. The van der Waals surface area contributed by atoms with E-state index in [0.29, 0.717) is 16.5 Å². The predicted octanol–water partition coefficient (Wildman–Crippen LogP) is 4.24. The molecule has 0 radical (unpaired) electrons. The number of rotatable bonds is 7. The van der Waals surface area contributed by atoms with Gasteiger partial charge in [-0.1, -0.05) is 13.8 Å². The molecule has 5 nitrogen and oxygen atoms in total. The lowest BCUT2D eigenvalue weighted by Gasteiger charge is -2.12. The Morgan fingerprint density at radius 1 is 1.18 bits per heavy atom. The van der Waals surface area contributed by atoms with Crippen LogP contribution in [0.4, 0.5) is 5.00 Å². The van der Waals surface area contributed by atoms with E-state index in [1.165, 1.54) is 28.9 Å². The van der Waals surface area contributed by atoms with E-state index in [1.54, 1.807) is 0 Å². The highest BCUT2D eigenvalue weighted by Crippen LogP contribution is 2.38. The monoisotopic (exact) mass is 401 g/mol. The Balaban J connectivity index is 1.73. The van der Waals surface area contributed by atoms with Gasteiger partial charge in [-0.05, 0) is 55.6 Å². The molecule has 150 valence electrons. The second-order valence-corrected chi connectivity index (χ2v) is 8.38. The van der Waals surface area contributed by atoms with Gasteiger partial charge in [-0.25, -0.2) is 4.79 Å². The fourth-order valence-corrected chi connectivity index (χ4v) is 5.20. The average molecular weight is 402 g/mol. The van der Waals surface area contributed by atoms with Gasteiger partial charge >= 0.3 is 5.97 Å². The molecule has 0 atom stereocenters. The lowest BCUT2D eigenvalue weighted by Crippen LogP contribution is -2.39. The maximum absolute atomic E-state index is 12.6. The van der Waals surface area contributed by atoms with Crippen LogP contribution >= 0.6 is 11.3 Å². The molecule has 1 amide bonds. The second-order valence-electron chi connectivity index (χ2n) is 7.27. The molecule has 0 saturated heterocycles. The number of nitrogens with one attached hydrogen (secondary N) is 1. The molecule has 0 unspecified atom stereocenters. The maximum atomic E-state index is 12.6. The van der Waals surface area contributed by atoms with Gasteiger partial charge in [0, 0.05) is 17.0 Å². The number of carbonyl (C=O) groups is 2. The molecule has 0 bridgehead atoms. The molecule has 3 rings (SSSR count). The Morgan fingerprint density at radius 2 is 1.86 bits per heavy atom. The Hall–Kier alpha value is -2.21. The van der Waals surface area contributed by atoms with Crippen molar-refractivity contribution in [2.24, 2.45) is 0 Å². The molecule has 2 heterocycles. The summed E-state index contributed by atoms with van der Waals surface area (Å²) in [5, 5.41) is 3.57. The zero-order valence-corrected chi connectivity index (χ0v) is 17.7. The maximum Gasteiger partial charge on any atom is 0.341 e. The van der Waals surface area contributed by atoms with Gasteiger partial charge in [-0.3, -0.25) is 4.79 Å². The number of hydrogen-bond donors (Lipinski definition) is 1. The Morgan fingerprint density at radius 3 is 2.50 bits per heavy atom. The minimum absolute atomic E-state index is 0.135. The molecular formula is C22H29N2O3S+. The molecule has 0 aliphatic heterocycles. The number of pyridine rings is 1. The summed E-state index contributed by atoms with van der Waals surface area (Å²) in [5.41, 5.74) is 2.91. The number of hydrogen-bond acceptors (Lipinski definition) is 4. The van der Waals surface area contributed by atoms with Crippen molar-refractivity contribution in [1.82, 2.24) is 0 Å². The number of methoxy groups -OCH3 is 1. The van der Waals surface area contributed by atoms with Gasteiger partial charge in [-0.15, -0.1) is 11.3 Å². The third kappa shape index (κ3) is 4.43. The number of thiophene rings is 1. The SMILES string of the molecule is CCC(CC)c1cc[n+](CC(=O)Nc2sc3c(c2C(=O)OC)CCCC3)cc1.